The molecule has 0 spiro atoms. The van der Waals surface area contributed by atoms with Crippen LogP contribution in [0.25, 0.3) is 10.9 Å². The van der Waals surface area contributed by atoms with Crippen molar-refractivity contribution in [2.24, 2.45) is 17.4 Å². The first-order chi connectivity index (χ1) is 30.5. The zero-order chi connectivity index (χ0) is 48.2. The van der Waals surface area contributed by atoms with E-state index in [9.17, 15) is 48.3 Å². The Labute approximate surface area is 393 Å². The molecule has 0 aliphatic carbocycles. The molecule has 19 nitrogen and oxygen atoms in total. The summed E-state index contributed by atoms with van der Waals surface area (Å²) in [6.45, 7) is 6.64. The number of nitrogens with zero attached hydrogens (tertiary/aromatic N) is 1. The minimum atomic E-state index is -1.71. The summed E-state index contributed by atoms with van der Waals surface area (Å²) in [5.41, 5.74) is 12.5. The van der Waals surface area contributed by atoms with Gasteiger partial charge in [0.15, 0.2) is 0 Å². The number of nitrogens with two attached hydrogens (primary N) is 2. The summed E-state index contributed by atoms with van der Waals surface area (Å²) in [6.07, 6.45) is 2.78. The zero-order valence-electron chi connectivity index (χ0n) is 37.1. The molecule has 358 valence electrons. The summed E-state index contributed by atoms with van der Waals surface area (Å²) >= 11 is 11.1. The van der Waals surface area contributed by atoms with Crippen molar-refractivity contribution in [1.29, 1.82) is 0 Å². The molecule has 11 N–H and O–H groups in total. The number of aromatic nitrogens is 1. The van der Waals surface area contributed by atoms with E-state index >= 15 is 0 Å². The van der Waals surface area contributed by atoms with Gasteiger partial charge in [-0.25, -0.2) is 4.79 Å². The van der Waals surface area contributed by atoms with Crippen LogP contribution < -0.4 is 38.1 Å². The third kappa shape index (κ3) is 15.0. The molecule has 2 saturated heterocycles. The predicted octanol–water partition coefficient (Wildman–Crippen LogP) is 0.691. The van der Waals surface area contributed by atoms with E-state index in [1.54, 1.807) is 31.8 Å². The molecule has 2 aliphatic heterocycles. The first-order valence-corrected chi connectivity index (χ1v) is 23.8. The molecule has 0 unspecified atom stereocenters. The van der Waals surface area contributed by atoms with Gasteiger partial charge in [-0.15, -0.1) is 0 Å². The Kier molecular flexibility index (Phi) is 19.0. The summed E-state index contributed by atoms with van der Waals surface area (Å²) in [5, 5.41) is 23.7. The van der Waals surface area contributed by atoms with Crippen molar-refractivity contribution >= 4 is 101 Å². The number of benzene rings is 1. The molecule has 22 heteroatoms. The number of aromatic amines is 1. The van der Waals surface area contributed by atoms with Crippen molar-refractivity contribution in [2.45, 2.75) is 138 Å². The number of carbonyl (C=O) groups excluding carboxylic acids is 8. The minimum Gasteiger partial charge on any atom is -0.480 e. The van der Waals surface area contributed by atoms with Gasteiger partial charge in [0.2, 0.25) is 47.3 Å². The van der Waals surface area contributed by atoms with Gasteiger partial charge in [-0.1, -0.05) is 38.5 Å². The summed E-state index contributed by atoms with van der Waals surface area (Å²) in [5.74, 6) is -6.59. The Hall–Kier alpha value is -4.96. The van der Waals surface area contributed by atoms with Crippen LogP contribution in [0.1, 0.15) is 91.0 Å². The maximum Gasteiger partial charge on any atom is 0.326 e. The average Bonchev–Trinajstić information content (AvgIpc) is 3.90. The number of aliphatic carboxylic acids is 1. The summed E-state index contributed by atoms with van der Waals surface area (Å²) in [7, 11) is 0. The number of para-hydroxylation sites is 1. The van der Waals surface area contributed by atoms with Crippen LogP contribution in [0.15, 0.2) is 30.5 Å². The molecule has 8 amide bonds. The number of amides is 8. The monoisotopic (exact) mass is 961 g/mol. The number of carbonyl (C=O) groups is 9. The van der Waals surface area contributed by atoms with E-state index in [2.05, 4.69) is 44.2 Å². The minimum absolute atomic E-state index is 0.0633. The van der Waals surface area contributed by atoms with Crippen molar-refractivity contribution in [3.63, 3.8) is 0 Å². The highest BCUT2D eigenvalue weighted by molar-refractivity contribution is 7.99. The van der Waals surface area contributed by atoms with Gasteiger partial charge < -0.3 is 53.0 Å². The number of nitrogens with one attached hydrogen (secondary N) is 6. The number of hydrogen-bond acceptors (Lipinski definition) is 12. The van der Waals surface area contributed by atoms with Gasteiger partial charge in [0.1, 0.15) is 36.3 Å². The first-order valence-electron chi connectivity index (χ1n) is 21.7. The van der Waals surface area contributed by atoms with E-state index in [4.69, 9.17) is 24.1 Å². The van der Waals surface area contributed by atoms with Gasteiger partial charge in [-0.05, 0) is 75.0 Å². The van der Waals surface area contributed by atoms with E-state index < -0.39 is 112 Å². The third-order valence-electron chi connectivity index (χ3n) is 11.9. The number of carboxylic acids is 1. The fourth-order valence-electron chi connectivity index (χ4n) is 7.89. The topological polar surface area (TPSA) is 305 Å². The number of fused-ring (bicyclic) bond motifs is 1. The molecule has 2 aliphatic rings. The van der Waals surface area contributed by atoms with Gasteiger partial charge in [-0.3, -0.25) is 38.4 Å². The molecule has 1 aromatic heterocycles. The van der Waals surface area contributed by atoms with Gasteiger partial charge in [0.25, 0.3) is 0 Å². The number of thiol groups is 2. The molecule has 7 atom stereocenters. The highest BCUT2D eigenvalue weighted by atomic mass is 32.2. The number of primary amides is 2. The van der Waals surface area contributed by atoms with E-state index in [1.807, 2.05) is 24.3 Å². The smallest absolute Gasteiger partial charge is 0.326 e. The Morgan fingerprint density at radius 1 is 0.908 bits per heavy atom. The molecule has 65 heavy (non-hydrogen) atoms. The Balaban J connectivity index is 1.57. The van der Waals surface area contributed by atoms with E-state index in [1.165, 1.54) is 13.8 Å². The lowest BCUT2D eigenvalue weighted by atomic mass is 9.95. The molecule has 4 rings (SSSR count). The lowest BCUT2D eigenvalue weighted by Gasteiger charge is -2.35. The Bertz CT molecular complexity index is 2090. The van der Waals surface area contributed by atoms with Crippen molar-refractivity contribution < 1.29 is 48.3 Å². The Morgan fingerprint density at radius 3 is 2.15 bits per heavy atom. The summed E-state index contributed by atoms with van der Waals surface area (Å²) < 4.78 is -1.82. The molecule has 0 saturated carbocycles. The zero-order valence-corrected chi connectivity index (χ0v) is 39.8. The average molecular weight is 962 g/mol. The molecule has 2 fully saturated rings. The van der Waals surface area contributed by atoms with Crippen LogP contribution in [0.3, 0.4) is 0 Å². The number of hydrogen-bond donors (Lipinski definition) is 11. The molecule has 0 bridgehead atoms. The molecular formula is C43H63N9O10S3. The fourth-order valence-corrected chi connectivity index (χ4v) is 10.0. The van der Waals surface area contributed by atoms with Gasteiger partial charge in [0.05, 0.1) is 6.42 Å². The second-order valence-corrected chi connectivity index (χ2v) is 20.8. The van der Waals surface area contributed by atoms with Crippen molar-refractivity contribution in [2.75, 3.05) is 18.1 Å². The van der Waals surface area contributed by atoms with Gasteiger partial charge >= 0.3 is 5.97 Å². The van der Waals surface area contributed by atoms with Crippen molar-refractivity contribution in [1.82, 2.24) is 36.5 Å². The highest BCUT2D eigenvalue weighted by Crippen LogP contribution is 2.35. The van der Waals surface area contributed by atoms with Crippen molar-refractivity contribution in [3.05, 3.63) is 36.0 Å². The number of H-pyrrole nitrogens is 1. The first kappa shape index (κ1) is 52.7. The second-order valence-electron chi connectivity index (χ2n) is 17.5. The van der Waals surface area contributed by atoms with Gasteiger partial charge in [-0.2, -0.15) is 37.0 Å². The lowest BCUT2D eigenvalue weighted by Crippen LogP contribution is -2.63. The number of carboxylic acid groups (broad SMARTS) is 1. The fraction of sp³-hybridized carbons (Fsp3) is 0.605. The third-order valence-corrected chi connectivity index (χ3v) is 13.7. The maximum atomic E-state index is 14.3. The molecule has 2 aromatic rings. The maximum absolute atomic E-state index is 14.3. The Morgan fingerprint density at radius 2 is 1.54 bits per heavy atom. The predicted molar refractivity (Wildman–Crippen MR) is 252 cm³/mol. The van der Waals surface area contributed by atoms with Crippen LogP contribution in [0.5, 0.6) is 0 Å². The van der Waals surface area contributed by atoms with E-state index in [0.717, 1.165) is 32.9 Å². The van der Waals surface area contributed by atoms with Crippen LogP contribution in [0.2, 0.25) is 0 Å². The van der Waals surface area contributed by atoms with Crippen LogP contribution in [-0.2, 0) is 49.6 Å². The van der Waals surface area contributed by atoms with Crippen LogP contribution in [-0.4, -0.2) is 132 Å². The second kappa shape index (κ2) is 23.5. The van der Waals surface area contributed by atoms with E-state index in [-0.39, 0.29) is 38.1 Å². The molecule has 1 aromatic carbocycles. The van der Waals surface area contributed by atoms with Crippen LogP contribution >= 0.6 is 37.0 Å². The SMILES string of the molecule is CC[C@H](C)[C@H](NC(=O)[C@@H](Cc1c[nH]c2ccccc12)NC(=O)CC1(S)CCSCC1)C(=O)N[C@@H](CCC(N)=O)C(=O)N[C@@H](CC(N)=O)C(=O)N[C@H](C(=O)N1CCC[C@H]1C(=O)O)C(C)(C)S. The number of rotatable bonds is 23. The number of thioether (sulfide) groups is 1. The number of likely N-dealkylation sites (tertiary alicyclic amines) is 1. The lowest BCUT2D eigenvalue weighted by molar-refractivity contribution is -0.149. The van der Waals surface area contributed by atoms with Crippen LogP contribution in [0.4, 0.5) is 0 Å². The van der Waals surface area contributed by atoms with E-state index in [0.29, 0.717) is 25.7 Å². The molecule has 3 heterocycles. The highest BCUT2D eigenvalue weighted by Gasteiger charge is 2.44. The van der Waals surface area contributed by atoms with Gasteiger partial charge in [0, 0.05) is 52.4 Å². The van der Waals surface area contributed by atoms with Crippen molar-refractivity contribution in [3.8, 4) is 0 Å². The molecule has 0 radical (unpaired) electrons. The van der Waals surface area contributed by atoms with Crippen LogP contribution in [0, 0.1) is 5.92 Å². The summed E-state index contributed by atoms with van der Waals surface area (Å²) in [4.78, 5) is 124. The summed E-state index contributed by atoms with van der Waals surface area (Å²) in [6, 6.07) is -0.769. The normalized spacial score (nSPS) is 18.8. The largest absolute Gasteiger partial charge is 0.480 e. The molecular weight excluding hydrogens is 899 g/mol. The quantitative estimate of drug-likeness (QED) is 0.0689. The standard InChI is InChI=1S/C43H63N9O10S3/c1-5-23(2)34(50-37(57)28(19-24-22-46-26-10-7-6-9-25(24)26)47-33(55)21-43(64)14-17-65-18-15-43)39(59)48-27(12-13-31(44)53)36(56)49-29(20-32(45)54)38(58)51-35(42(3,4)63)40(60)52-16-8-11-30(52)41(61)62/h6-7,9-10,22-23,27-30,34-35,46,63-64H,5,8,11-21H2,1-4H3,(H2,44,53)(H2,45,54)(H,47,55)(H,48,59)(H,49,56)(H,50,57)(H,51,58)(H,61,62)/t23-,27-,28+,29-,30-,34-,35+/m0/s1.